The van der Waals surface area contributed by atoms with Crippen LogP contribution < -0.4 is 14.8 Å². The largest absolute Gasteiger partial charge is 0.493 e. The number of aliphatic hydroxyl groups excluding tert-OH is 1. The Bertz CT molecular complexity index is 455. The second kappa shape index (κ2) is 5.93. The Morgan fingerprint density at radius 1 is 1.32 bits per heavy atom. The van der Waals surface area contributed by atoms with Gasteiger partial charge in [-0.1, -0.05) is 6.07 Å². The number of rotatable bonds is 5. The lowest BCUT2D eigenvalue weighted by Gasteiger charge is -2.29. The smallest absolute Gasteiger partial charge is 0.255 e. The van der Waals surface area contributed by atoms with Crippen LogP contribution in [0.4, 0.5) is 0 Å². The van der Waals surface area contributed by atoms with Gasteiger partial charge in [0.15, 0.2) is 11.5 Å². The summed E-state index contributed by atoms with van der Waals surface area (Å²) in [6.07, 6.45) is -0.673. The molecule has 0 spiro atoms. The van der Waals surface area contributed by atoms with Crippen molar-refractivity contribution in [3.63, 3.8) is 0 Å². The van der Waals surface area contributed by atoms with Crippen LogP contribution in [-0.2, 0) is 0 Å². The molecule has 0 aromatic heterocycles. The predicted molar refractivity (Wildman–Crippen MR) is 72.8 cm³/mol. The summed E-state index contributed by atoms with van der Waals surface area (Å²) in [6, 6.07) is 5.08. The Labute approximate surface area is 113 Å². The van der Waals surface area contributed by atoms with Crippen molar-refractivity contribution in [2.45, 2.75) is 32.4 Å². The van der Waals surface area contributed by atoms with E-state index >= 15 is 0 Å². The first-order valence-corrected chi connectivity index (χ1v) is 6.05. The maximum Gasteiger partial charge on any atom is 0.255 e. The number of para-hydroxylation sites is 1. The van der Waals surface area contributed by atoms with E-state index in [9.17, 15) is 9.90 Å². The van der Waals surface area contributed by atoms with Gasteiger partial charge in [-0.05, 0) is 32.9 Å². The second-order valence-corrected chi connectivity index (χ2v) is 4.89. The number of amides is 1. The molecule has 1 atom stereocenters. The zero-order chi connectivity index (χ0) is 14.6. The van der Waals surface area contributed by atoms with Crippen molar-refractivity contribution in [2.24, 2.45) is 0 Å². The summed E-state index contributed by atoms with van der Waals surface area (Å²) in [4.78, 5) is 12.3. The Morgan fingerprint density at radius 3 is 2.42 bits per heavy atom. The van der Waals surface area contributed by atoms with Crippen molar-refractivity contribution in [3.8, 4) is 11.5 Å². The molecule has 1 aromatic rings. The van der Waals surface area contributed by atoms with Crippen molar-refractivity contribution in [1.82, 2.24) is 5.32 Å². The fourth-order valence-electron chi connectivity index (χ4n) is 1.53. The van der Waals surface area contributed by atoms with Crippen LogP contribution in [0.3, 0.4) is 0 Å². The summed E-state index contributed by atoms with van der Waals surface area (Å²) in [7, 11) is 2.99. The third-order valence-corrected chi connectivity index (χ3v) is 3.13. The molecule has 0 unspecified atom stereocenters. The standard InChI is InChI=1S/C14H21NO4/c1-9(16)14(2,3)15-13(17)10-7-6-8-11(18-4)12(10)19-5/h6-9,16H,1-5H3,(H,15,17)/t9-/m1/s1. The molecule has 19 heavy (non-hydrogen) atoms. The van der Waals surface area contributed by atoms with Crippen molar-refractivity contribution in [1.29, 1.82) is 0 Å². The van der Waals surface area contributed by atoms with Gasteiger partial charge in [0.25, 0.3) is 5.91 Å². The molecule has 1 rings (SSSR count). The van der Waals surface area contributed by atoms with Crippen LogP contribution in [0.25, 0.3) is 0 Å². The van der Waals surface area contributed by atoms with Crippen LogP contribution in [0.15, 0.2) is 18.2 Å². The third-order valence-electron chi connectivity index (χ3n) is 3.13. The molecule has 0 bridgehead atoms. The van der Waals surface area contributed by atoms with Gasteiger partial charge in [-0.25, -0.2) is 0 Å². The second-order valence-electron chi connectivity index (χ2n) is 4.89. The molecule has 5 nitrogen and oxygen atoms in total. The highest BCUT2D eigenvalue weighted by Gasteiger charge is 2.28. The summed E-state index contributed by atoms with van der Waals surface area (Å²) in [5, 5.41) is 12.4. The average Bonchev–Trinajstić information content (AvgIpc) is 2.36. The van der Waals surface area contributed by atoms with E-state index in [1.54, 1.807) is 39.0 Å². The van der Waals surface area contributed by atoms with Gasteiger partial charge in [-0.3, -0.25) is 4.79 Å². The minimum atomic E-state index is -0.731. The molecule has 2 N–H and O–H groups in total. The molecular weight excluding hydrogens is 246 g/mol. The molecule has 0 aliphatic heterocycles. The molecule has 0 aliphatic rings. The van der Waals surface area contributed by atoms with Crippen LogP contribution in [0, 0.1) is 0 Å². The zero-order valence-corrected chi connectivity index (χ0v) is 12.0. The number of benzene rings is 1. The van der Waals surface area contributed by atoms with Crippen LogP contribution in [0.1, 0.15) is 31.1 Å². The predicted octanol–water partition coefficient (Wildman–Crippen LogP) is 1.59. The van der Waals surface area contributed by atoms with Crippen molar-refractivity contribution in [2.75, 3.05) is 14.2 Å². The lowest BCUT2D eigenvalue weighted by molar-refractivity contribution is 0.0706. The minimum Gasteiger partial charge on any atom is -0.493 e. The molecule has 0 fully saturated rings. The number of hydrogen-bond acceptors (Lipinski definition) is 4. The van der Waals surface area contributed by atoms with Crippen molar-refractivity contribution in [3.05, 3.63) is 23.8 Å². The van der Waals surface area contributed by atoms with E-state index in [1.807, 2.05) is 0 Å². The number of carbonyl (C=O) groups excluding carboxylic acids is 1. The highest BCUT2D eigenvalue weighted by Crippen LogP contribution is 2.30. The first-order chi connectivity index (χ1) is 8.83. The molecule has 5 heteroatoms. The summed E-state index contributed by atoms with van der Waals surface area (Å²) in [5.41, 5.74) is -0.360. The SMILES string of the molecule is COc1cccc(C(=O)NC(C)(C)[C@@H](C)O)c1OC. The molecule has 0 saturated carbocycles. The van der Waals surface area contributed by atoms with Crippen molar-refractivity contribution >= 4 is 5.91 Å². The topological polar surface area (TPSA) is 67.8 Å². The molecule has 0 heterocycles. The Kier molecular flexibility index (Phi) is 4.78. The number of ether oxygens (including phenoxy) is 2. The summed E-state index contributed by atoms with van der Waals surface area (Å²) < 4.78 is 10.4. The van der Waals surface area contributed by atoms with E-state index < -0.39 is 11.6 Å². The van der Waals surface area contributed by atoms with Crippen LogP contribution in [0.5, 0.6) is 11.5 Å². The Balaban J connectivity index is 3.07. The first-order valence-electron chi connectivity index (χ1n) is 6.05. The van der Waals surface area contributed by atoms with Crippen LogP contribution in [-0.4, -0.2) is 36.9 Å². The zero-order valence-electron chi connectivity index (χ0n) is 12.0. The van der Waals surface area contributed by atoms with Gasteiger partial charge >= 0.3 is 0 Å². The quantitative estimate of drug-likeness (QED) is 0.850. The van der Waals surface area contributed by atoms with Gasteiger partial charge in [0, 0.05) is 0 Å². The lowest BCUT2D eigenvalue weighted by atomic mass is 9.98. The summed E-state index contributed by atoms with van der Waals surface area (Å²) in [6.45, 7) is 5.13. The fraction of sp³-hybridized carbons (Fsp3) is 0.500. The average molecular weight is 267 g/mol. The van der Waals surface area contributed by atoms with Gasteiger partial charge in [-0.2, -0.15) is 0 Å². The maximum atomic E-state index is 12.3. The first kappa shape index (κ1) is 15.3. The number of methoxy groups -OCH3 is 2. The van der Waals surface area contributed by atoms with E-state index in [-0.39, 0.29) is 5.91 Å². The normalized spacial score (nSPS) is 12.7. The van der Waals surface area contributed by atoms with Gasteiger partial charge in [0.2, 0.25) is 0 Å². The van der Waals surface area contributed by atoms with E-state index in [2.05, 4.69) is 5.32 Å². The highest BCUT2D eigenvalue weighted by atomic mass is 16.5. The lowest BCUT2D eigenvalue weighted by Crippen LogP contribution is -2.51. The summed E-state index contributed by atoms with van der Waals surface area (Å²) in [5.74, 6) is 0.551. The van der Waals surface area contributed by atoms with Gasteiger partial charge in [0.1, 0.15) is 0 Å². The van der Waals surface area contributed by atoms with Crippen molar-refractivity contribution < 1.29 is 19.4 Å². The van der Waals surface area contributed by atoms with Gasteiger partial charge < -0.3 is 19.9 Å². The maximum absolute atomic E-state index is 12.3. The molecule has 1 amide bonds. The Hall–Kier alpha value is -1.75. The van der Waals surface area contributed by atoms with Gasteiger partial charge in [-0.15, -0.1) is 0 Å². The van der Waals surface area contributed by atoms with Crippen LogP contribution in [0.2, 0.25) is 0 Å². The third kappa shape index (κ3) is 3.38. The van der Waals surface area contributed by atoms with E-state index in [0.717, 1.165) is 0 Å². The van der Waals surface area contributed by atoms with Crippen LogP contribution >= 0.6 is 0 Å². The molecule has 106 valence electrons. The highest BCUT2D eigenvalue weighted by molar-refractivity contribution is 5.98. The molecule has 0 radical (unpaired) electrons. The number of nitrogens with one attached hydrogen (secondary N) is 1. The number of aliphatic hydroxyl groups is 1. The minimum absolute atomic E-state index is 0.318. The molecule has 0 saturated heterocycles. The van der Waals surface area contributed by atoms with E-state index in [4.69, 9.17) is 9.47 Å². The summed E-state index contributed by atoms with van der Waals surface area (Å²) >= 11 is 0. The van der Waals surface area contributed by atoms with E-state index in [1.165, 1.54) is 14.2 Å². The van der Waals surface area contributed by atoms with Gasteiger partial charge in [0.05, 0.1) is 31.4 Å². The van der Waals surface area contributed by atoms with E-state index in [0.29, 0.717) is 17.1 Å². The Morgan fingerprint density at radius 2 is 1.95 bits per heavy atom. The molecular formula is C14H21NO4. The number of carbonyl (C=O) groups is 1. The number of hydrogen-bond donors (Lipinski definition) is 2. The molecule has 1 aromatic carbocycles. The fourth-order valence-corrected chi connectivity index (χ4v) is 1.53. The monoisotopic (exact) mass is 267 g/mol. The molecule has 0 aliphatic carbocycles.